The molecule has 0 radical (unpaired) electrons. The van der Waals surface area contributed by atoms with E-state index in [1.165, 1.54) is 12.2 Å². The first-order valence-corrected chi connectivity index (χ1v) is 12.7. The average Bonchev–Trinajstić information content (AvgIpc) is 2.72. The minimum Gasteiger partial charge on any atom is -0.405 e. The van der Waals surface area contributed by atoms with Gasteiger partial charge in [-0.05, 0) is 15.4 Å². The Morgan fingerprint density at radius 3 is 1.97 bits per heavy atom. The SMILES string of the molecule is CC(C)(C)[Si](OCC(O)C[C@@]1(O)C=C[C@H](O)[C@H](O)C1)(c1ccccc1)c1ccccc1. The maximum absolute atomic E-state index is 10.8. The zero-order valence-corrected chi connectivity index (χ0v) is 19.5. The number of benzene rings is 2. The van der Waals surface area contributed by atoms with E-state index in [1.807, 2.05) is 36.4 Å². The predicted molar refractivity (Wildman–Crippen MR) is 125 cm³/mol. The average molecular weight is 443 g/mol. The number of hydrogen-bond acceptors (Lipinski definition) is 5. The van der Waals surface area contributed by atoms with E-state index >= 15 is 0 Å². The third-order valence-corrected chi connectivity index (χ3v) is 11.1. The molecule has 2 aromatic rings. The van der Waals surface area contributed by atoms with Gasteiger partial charge in [0.15, 0.2) is 0 Å². The number of rotatable bonds is 7. The Morgan fingerprint density at radius 1 is 1.00 bits per heavy atom. The summed E-state index contributed by atoms with van der Waals surface area (Å²) in [4.78, 5) is 0. The van der Waals surface area contributed by atoms with Gasteiger partial charge in [0.05, 0.1) is 30.5 Å². The molecule has 3 rings (SSSR count). The molecule has 168 valence electrons. The molecule has 1 aliphatic rings. The van der Waals surface area contributed by atoms with Crippen LogP contribution < -0.4 is 10.4 Å². The molecular weight excluding hydrogens is 408 g/mol. The van der Waals surface area contributed by atoms with Gasteiger partial charge in [0, 0.05) is 12.8 Å². The number of aliphatic hydroxyl groups is 4. The maximum Gasteiger partial charge on any atom is 0.261 e. The molecule has 4 atom stereocenters. The van der Waals surface area contributed by atoms with Gasteiger partial charge in [-0.15, -0.1) is 0 Å². The van der Waals surface area contributed by atoms with Crippen LogP contribution >= 0.6 is 0 Å². The smallest absolute Gasteiger partial charge is 0.261 e. The van der Waals surface area contributed by atoms with Crippen molar-refractivity contribution in [3.8, 4) is 0 Å². The third kappa shape index (κ3) is 5.17. The molecule has 1 unspecified atom stereocenters. The zero-order valence-electron chi connectivity index (χ0n) is 18.5. The van der Waals surface area contributed by atoms with Crippen LogP contribution in [-0.2, 0) is 4.43 Å². The first kappa shape index (κ1) is 23.9. The van der Waals surface area contributed by atoms with Gasteiger partial charge in [-0.1, -0.05) is 93.6 Å². The van der Waals surface area contributed by atoms with Crippen molar-refractivity contribution in [3.05, 3.63) is 72.8 Å². The Labute approximate surface area is 185 Å². The van der Waals surface area contributed by atoms with Crippen LogP contribution in [0.3, 0.4) is 0 Å². The first-order chi connectivity index (χ1) is 14.6. The van der Waals surface area contributed by atoms with E-state index in [1.54, 1.807) is 0 Å². The van der Waals surface area contributed by atoms with E-state index in [9.17, 15) is 20.4 Å². The summed E-state index contributed by atoms with van der Waals surface area (Å²) < 4.78 is 6.70. The quantitative estimate of drug-likeness (QED) is 0.387. The lowest BCUT2D eigenvalue weighted by Gasteiger charge is -2.43. The summed E-state index contributed by atoms with van der Waals surface area (Å²) in [6, 6.07) is 20.4. The van der Waals surface area contributed by atoms with Crippen molar-refractivity contribution in [1.82, 2.24) is 0 Å². The Balaban J connectivity index is 1.89. The Hall–Kier alpha value is -1.80. The molecule has 0 amide bonds. The molecule has 0 fully saturated rings. The highest BCUT2D eigenvalue weighted by Gasteiger charge is 2.50. The molecule has 0 bridgehead atoms. The second kappa shape index (κ2) is 9.36. The van der Waals surface area contributed by atoms with E-state index < -0.39 is 32.2 Å². The van der Waals surface area contributed by atoms with Crippen molar-refractivity contribution < 1.29 is 24.9 Å². The maximum atomic E-state index is 10.8. The Kier molecular flexibility index (Phi) is 7.20. The van der Waals surface area contributed by atoms with Crippen molar-refractivity contribution in [1.29, 1.82) is 0 Å². The molecule has 0 heterocycles. The molecule has 0 aromatic heterocycles. The van der Waals surface area contributed by atoms with Crippen LogP contribution in [0.1, 0.15) is 33.6 Å². The molecule has 31 heavy (non-hydrogen) atoms. The van der Waals surface area contributed by atoms with Gasteiger partial charge in [0.1, 0.15) is 0 Å². The summed E-state index contributed by atoms with van der Waals surface area (Å²) in [6.07, 6.45) is -0.142. The van der Waals surface area contributed by atoms with Crippen molar-refractivity contribution in [2.75, 3.05) is 6.61 Å². The monoisotopic (exact) mass is 442 g/mol. The first-order valence-electron chi connectivity index (χ1n) is 10.8. The van der Waals surface area contributed by atoms with E-state index in [0.717, 1.165) is 10.4 Å². The van der Waals surface area contributed by atoms with Gasteiger partial charge >= 0.3 is 0 Å². The Morgan fingerprint density at radius 2 is 1.52 bits per heavy atom. The van der Waals surface area contributed by atoms with Gasteiger partial charge in [0.2, 0.25) is 0 Å². The van der Waals surface area contributed by atoms with Crippen LogP contribution in [0.15, 0.2) is 72.8 Å². The van der Waals surface area contributed by atoms with Crippen LogP contribution in [0.25, 0.3) is 0 Å². The summed E-state index contributed by atoms with van der Waals surface area (Å²) in [5, 5.41) is 43.2. The van der Waals surface area contributed by atoms with Crippen LogP contribution in [0, 0.1) is 0 Å². The fourth-order valence-corrected chi connectivity index (χ4v) is 9.16. The number of hydrogen-bond donors (Lipinski definition) is 4. The molecule has 6 heteroatoms. The lowest BCUT2D eigenvalue weighted by Crippen LogP contribution is -2.67. The molecular formula is C25H34O5Si. The van der Waals surface area contributed by atoms with Crippen LogP contribution in [0.5, 0.6) is 0 Å². The molecule has 0 saturated carbocycles. The van der Waals surface area contributed by atoms with Crippen molar-refractivity contribution in [3.63, 3.8) is 0 Å². The second-order valence-electron chi connectivity index (χ2n) is 9.56. The van der Waals surface area contributed by atoms with E-state index in [-0.39, 0.29) is 24.5 Å². The van der Waals surface area contributed by atoms with Crippen molar-refractivity contribution in [2.24, 2.45) is 0 Å². The normalized spacial score (nSPS) is 25.4. The topological polar surface area (TPSA) is 90.2 Å². The summed E-state index contributed by atoms with van der Waals surface area (Å²) in [5.74, 6) is 0. The van der Waals surface area contributed by atoms with Gasteiger partial charge in [-0.2, -0.15) is 0 Å². The van der Waals surface area contributed by atoms with Crippen LogP contribution in [-0.4, -0.2) is 59.3 Å². The van der Waals surface area contributed by atoms with Gasteiger partial charge in [0.25, 0.3) is 8.32 Å². The third-order valence-electron chi connectivity index (χ3n) is 6.06. The van der Waals surface area contributed by atoms with Crippen LogP contribution in [0.4, 0.5) is 0 Å². The highest BCUT2D eigenvalue weighted by atomic mass is 28.4. The van der Waals surface area contributed by atoms with Crippen LogP contribution in [0.2, 0.25) is 5.04 Å². The lowest BCUT2D eigenvalue weighted by atomic mass is 9.84. The van der Waals surface area contributed by atoms with Gasteiger partial charge in [-0.25, -0.2) is 0 Å². The Bertz CT molecular complexity index is 825. The van der Waals surface area contributed by atoms with E-state index in [4.69, 9.17) is 4.43 Å². The molecule has 0 aliphatic heterocycles. The predicted octanol–water partition coefficient (Wildman–Crippen LogP) is 1.73. The molecule has 0 saturated heterocycles. The number of aliphatic hydroxyl groups excluding tert-OH is 3. The molecule has 0 spiro atoms. The largest absolute Gasteiger partial charge is 0.405 e. The fraction of sp³-hybridized carbons (Fsp3) is 0.440. The van der Waals surface area contributed by atoms with Crippen molar-refractivity contribution >= 4 is 18.7 Å². The fourth-order valence-electron chi connectivity index (χ4n) is 4.56. The molecule has 5 nitrogen and oxygen atoms in total. The van der Waals surface area contributed by atoms with Crippen molar-refractivity contribution in [2.45, 2.75) is 62.6 Å². The highest BCUT2D eigenvalue weighted by molar-refractivity contribution is 6.99. The minimum absolute atomic E-state index is 0.0193. The lowest BCUT2D eigenvalue weighted by molar-refractivity contribution is -0.0559. The minimum atomic E-state index is -2.78. The molecule has 2 aromatic carbocycles. The second-order valence-corrected chi connectivity index (χ2v) is 13.9. The summed E-state index contributed by atoms with van der Waals surface area (Å²) in [5.41, 5.74) is -1.38. The van der Waals surface area contributed by atoms with Gasteiger partial charge < -0.3 is 24.9 Å². The van der Waals surface area contributed by atoms with E-state index in [2.05, 4.69) is 45.0 Å². The summed E-state index contributed by atoms with van der Waals surface area (Å²) >= 11 is 0. The van der Waals surface area contributed by atoms with Gasteiger partial charge in [-0.3, -0.25) is 0 Å². The summed E-state index contributed by atoms with van der Waals surface area (Å²) in [6.45, 7) is 6.56. The molecule has 1 aliphatic carbocycles. The highest BCUT2D eigenvalue weighted by Crippen LogP contribution is 2.37. The standard InChI is InChI=1S/C25H34O5Si/c1-24(2,3)31(20-10-6-4-7-11-20,21-12-8-5-9-13-21)30-18-19(26)16-25(29)15-14-22(27)23(28)17-25/h4-15,19,22-23,26-29H,16-18H2,1-3H3/t19?,22-,23+,25-/m0/s1. The summed E-state index contributed by atoms with van der Waals surface area (Å²) in [7, 11) is -2.78. The zero-order chi connectivity index (χ0) is 22.7. The van der Waals surface area contributed by atoms with E-state index in [0.29, 0.717) is 0 Å². The molecule has 4 N–H and O–H groups in total.